The van der Waals surface area contributed by atoms with Gasteiger partial charge in [0.1, 0.15) is 11.3 Å². The summed E-state index contributed by atoms with van der Waals surface area (Å²) in [7, 11) is 1.62. The molecule has 4 rings (SSSR count). The van der Waals surface area contributed by atoms with Gasteiger partial charge in [0.25, 0.3) is 0 Å². The summed E-state index contributed by atoms with van der Waals surface area (Å²) in [4.78, 5) is 28.3. The molecule has 0 N–H and O–H groups in total. The van der Waals surface area contributed by atoms with Crippen LogP contribution in [0.25, 0.3) is 27.7 Å². The first-order valence-electron chi connectivity index (χ1n) is 11.6. The Morgan fingerprint density at radius 2 is 1.77 bits per heavy atom. The van der Waals surface area contributed by atoms with Crippen LogP contribution in [0.4, 0.5) is 4.79 Å². The van der Waals surface area contributed by atoms with E-state index in [-0.39, 0.29) is 12.0 Å². The molecule has 7 nitrogen and oxygen atoms in total. The summed E-state index contributed by atoms with van der Waals surface area (Å²) < 4.78 is 16.7. The van der Waals surface area contributed by atoms with Gasteiger partial charge in [-0.05, 0) is 50.1 Å². The minimum atomic E-state index is -0.337. The molecule has 2 heterocycles. The highest BCUT2D eigenvalue weighted by molar-refractivity contribution is 6.30. The lowest BCUT2D eigenvalue weighted by molar-refractivity contribution is -0.127. The third kappa shape index (κ3) is 5.00. The number of carbonyl (C=O) groups excluding carboxylic acids is 2. The highest BCUT2D eigenvalue weighted by Crippen LogP contribution is 2.40. The summed E-state index contributed by atoms with van der Waals surface area (Å²) in [6, 6.07) is 9.60. The maximum atomic E-state index is 13.0. The second kappa shape index (κ2) is 10.4. The number of halogens is 1. The second-order valence-corrected chi connectivity index (χ2v) is 8.89. The number of hydrogen-bond acceptors (Lipinski definition) is 5. The fraction of sp³-hybridized carbons (Fsp3) is 0.333. The number of methoxy groups -OCH3 is 1. The van der Waals surface area contributed by atoms with E-state index in [0.717, 1.165) is 38.8 Å². The van der Waals surface area contributed by atoms with Crippen LogP contribution in [-0.2, 0) is 9.53 Å². The summed E-state index contributed by atoms with van der Waals surface area (Å²) in [5.41, 5.74) is 5.15. The molecule has 0 atom stereocenters. The van der Waals surface area contributed by atoms with Gasteiger partial charge in [-0.3, -0.25) is 4.79 Å². The number of hydrogen-bond donors (Lipinski definition) is 0. The van der Waals surface area contributed by atoms with Crippen molar-refractivity contribution in [1.82, 2.24) is 9.80 Å². The smallest absolute Gasteiger partial charge is 0.409 e. The zero-order valence-electron chi connectivity index (χ0n) is 20.4. The van der Waals surface area contributed by atoms with Gasteiger partial charge in [-0.2, -0.15) is 0 Å². The number of ether oxygens (including phenoxy) is 2. The molecule has 3 aromatic rings. The minimum Gasteiger partial charge on any atom is -0.496 e. The van der Waals surface area contributed by atoms with Crippen LogP contribution in [0, 0.1) is 6.92 Å². The number of fused-ring (bicyclic) bond motifs is 1. The van der Waals surface area contributed by atoms with E-state index in [1.54, 1.807) is 36.2 Å². The van der Waals surface area contributed by atoms with E-state index in [0.29, 0.717) is 43.6 Å². The predicted octanol–water partition coefficient (Wildman–Crippen LogP) is 5.77. The molecule has 2 aromatic carbocycles. The van der Waals surface area contributed by atoms with Crippen molar-refractivity contribution in [2.24, 2.45) is 0 Å². The first-order valence-corrected chi connectivity index (χ1v) is 12.0. The molecule has 0 unspecified atom stereocenters. The fourth-order valence-corrected chi connectivity index (χ4v) is 4.53. The van der Waals surface area contributed by atoms with Gasteiger partial charge in [0, 0.05) is 59.4 Å². The molecule has 1 aliphatic rings. The van der Waals surface area contributed by atoms with Gasteiger partial charge in [0.05, 0.1) is 20.0 Å². The molecule has 1 aromatic heterocycles. The van der Waals surface area contributed by atoms with Crippen molar-refractivity contribution >= 4 is 40.1 Å². The van der Waals surface area contributed by atoms with E-state index in [1.807, 2.05) is 44.2 Å². The molecule has 0 saturated carbocycles. The largest absolute Gasteiger partial charge is 0.496 e. The number of piperazine rings is 1. The topological polar surface area (TPSA) is 72.2 Å². The predicted molar refractivity (Wildman–Crippen MR) is 137 cm³/mol. The van der Waals surface area contributed by atoms with Crippen molar-refractivity contribution in [1.29, 1.82) is 0 Å². The Morgan fingerprint density at radius 1 is 1.11 bits per heavy atom. The number of allylic oxidation sites excluding steroid dienone is 1. The lowest BCUT2D eigenvalue weighted by Gasteiger charge is -2.33. The van der Waals surface area contributed by atoms with E-state index < -0.39 is 0 Å². The Labute approximate surface area is 209 Å². The van der Waals surface area contributed by atoms with Gasteiger partial charge in [0.15, 0.2) is 0 Å². The van der Waals surface area contributed by atoms with E-state index in [9.17, 15) is 9.59 Å². The summed E-state index contributed by atoms with van der Waals surface area (Å²) in [5, 5.41) is 1.60. The minimum absolute atomic E-state index is 0.101. The van der Waals surface area contributed by atoms with Crippen molar-refractivity contribution in [3.63, 3.8) is 0 Å². The molecule has 184 valence electrons. The Bertz CT molecular complexity index is 1270. The number of rotatable bonds is 5. The van der Waals surface area contributed by atoms with E-state index in [2.05, 4.69) is 0 Å². The number of amides is 2. The van der Waals surface area contributed by atoms with Crippen molar-refractivity contribution in [2.45, 2.75) is 20.8 Å². The molecular formula is C27H29ClN2O5. The van der Waals surface area contributed by atoms with Gasteiger partial charge >= 0.3 is 6.09 Å². The normalized spacial score (nSPS) is 14.4. The molecule has 0 radical (unpaired) electrons. The fourth-order valence-electron chi connectivity index (χ4n) is 4.40. The van der Waals surface area contributed by atoms with Gasteiger partial charge in [-0.25, -0.2) is 4.79 Å². The van der Waals surface area contributed by atoms with Gasteiger partial charge in [-0.15, -0.1) is 0 Å². The first-order chi connectivity index (χ1) is 16.8. The van der Waals surface area contributed by atoms with Crippen molar-refractivity contribution in [3.8, 4) is 16.9 Å². The number of nitrogens with zero attached hydrogens (tertiary/aromatic N) is 2. The van der Waals surface area contributed by atoms with Crippen molar-refractivity contribution < 1.29 is 23.5 Å². The van der Waals surface area contributed by atoms with E-state index in [1.165, 1.54) is 0 Å². The number of aryl methyl sites for hydroxylation is 1. The van der Waals surface area contributed by atoms with Crippen LogP contribution >= 0.6 is 11.6 Å². The highest BCUT2D eigenvalue weighted by Gasteiger charge is 2.25. The van der Waals surface area contributed by atoms with Crippen LogP contribution in [0.2, 0.25) is 5.02 Å². The Hall–Kier alpha value is -3.45. The number of carbonyl (C=O) groups is 2. The Balaban J connectivity index is 1.63. The maximum Gasteiger partial charge on any atom is 0.409 e. The third-order valence-corrected chi connectivity index (χ3v) is 6.54. The molecule has 0 bridgehead atoms. The molecule has 1 fully saturated rings. The van der Waals surface area contributed by atoms with E-state index >= 15 is 0 Å². The second-order valence-electron chi connectivity index (χ2n) is 8.45. The molecule has 0 spiro atoms. The average Bonchev–Trinajstić information content (AvgIpc) is 3.29. The van der Waals surface area contributed by atoms with Gasteiger partial charge in [-0.1, -0.05) is 23.7 Å². The molecule has 2 amide bonds. The van der Waals surface area contributed by atoms with Crippen LogP contribution in [-0.4, -0.2) is 61.7 Å². The highest BCUT2D eigenvalue weighted by atomic mass is 35.5. The molecule has 1 saturated heterocycles. The number of benzene rings is 2. The van der Waals surface area contributed by atoms with Crippen LogP contribution in [0.5, 0.6) is 5.75 Å². The summed E-state index contributed by atoms with van der Waals surface area (Å²) in [5.74, 6) is 0.569. The zero-order valence-corrected chi connectivity index (χ0v) is 21.1. The van der Waals surface area contributed by atoms with Crippen molar-refractivity contribution in [3.05, 3.63) is 58.8 Å². The molecule has 35 heavy (non-hydrogen) atoms. The summed E-state index contributed by atoms with van der Waals surface area (Å²) in [6.45, 7) is 7.78. The van der Waals surface area contributed by atoms with Crippen LogP contribution in [0.15, 0.2) is 47.1 Å². The maximum absolute atomic E-state index is 13.0. The lowest BCUT2D eigenvalue weighted by Crippen LogP contribution is -2.50. The summed E-state index contributed by atoms with van der Waals surface area (Å²) >= 11 is 6.06. The summed E-state index contributed by atoms with van der Waals surface area (Å²) in [6.07, 6.45) is 3.03. The quantitative estimate of drug-likeness (QED) is 0.419. The van der Waals surface area contributed by atoms with Gasteiger partial charge < -0.3 is 23.7 Å². The van der Waals surface area contributed by atoms with Crippen LogP contribution in [0.1, 0.15) is 25.0 Å². The molecule has 0 aliphatic carbocycles. The average molecular weight is 497 g/mol. The zero-order chi connectivity index (χ0) is 25.1. The van der Waals surface area contributed by atoms with Crippen LogP contribution < -0.4 is 4.74 Å². The molecular weight excluding hydrogens is 468 g/mol. The van der Waals surface area contributed by atoms with E-state index in [4.69, 9.17) is 25.5 Å². The van der Waals surface area contributed by atoms with Crippen LogP contribution in [0.3, 0.4) is 0 Å². The Morgan fingerprint density at radius 3 is 2.40 bits per heavy atom. The SMILES string of the molecule is CCOC(=O)N1CCN(C(=O)/C=C(\C)c2cc3c(-c4ccc(Cl)cc4)coc3c(C)c2OC)CC1. The van der Waals surface area contributed by atoms with Gasteiger partial charge in [0.2, 0.25) is 5.91 Å². The molecule has 1 aliphatic heterocycles. The third-order valence-electron chi connectivity index (χ3n) is 6.29. The Kier molecular flexibility index (Phi) is 7.36. The molecule has 8 heteroatoms. The first kappa shape index (κ1) is 24.7. The number of furan rings is 1. The standard InChI is InChI=1S/C27H29ClN2O5/c1-5-34-27(32)30-12-10-29(11-13-30)24(31)14-17(2)21-15-22-23(19-6-8-20(28)9-7-19)16-35-26(22)18(3)25(21)33-4/h6-9,14-16H,5,10-13H2,1-4H3/b17-14+. The monoisotopic (exact) mass is 496 g/mol. The van der Waals surface area contributed by atoms with Crippen molar-refractivity contribution in [2.75, 3.05) is 39.9 Å². The lowest BCUT2D eigenvalue weighted by atomic mass is 9.96.